The summed E-state index contributed by atoms with van der Waals surface area (Å²) in [4.78, 5) is 11.4. The molecule has 0 N–H and O–H groups in total. The highest BCUT2D eigenvalue weighted by molar-refractivity contribution is 5.94. The van der Waals surface area contributed by atoms with Gasteiger partial charge in [0.25, 0.3) is 0 Å². The van der Waals surface area contributed by atoms with Crippen LogP contribution in [0.5, 0.6) is 0 Å². The third kappa shape index (κ3) is 3.33. The van der Waals surface area contributed by atoms with Crippen LogP contribution in [-0.4, -0.2) is 5.78 Å². The molecule has 1 aliphatic carbocycles. The minimum atomic E-state index is 0.107. The van der Waals surface area contributed by atoms with Gasteiger partial charge in [0, 0.05) is 5.56 Å². The van der Waals surface area contributed by atoms with E-state index in [1.54, 1.807) is 6.92 Å². The van der Waals surface area contributed by atoms with E-state index < -0.39 is 0 Å². The molecule has 0 unspecified atom stereocenters. The number of hydrogen-bond acceptors (Lipinski definition) is 1. The molecule has 2 aromatic rings. The number of fused-ring (bicyclic) bond motifs is 1. The Morgan fingerprint density at radius 1 is 0.840 bits per heavy atom. The van der Waals surface area contributed by atoms with Crippen molar-refractivity contribution < 1.29 is 4.79 Å². The van der Waals surface area contributed by atoms with Crippen LogP contribution in [0, 0.1) is 0 Å². The normalized spacial score (nSPS) is 18.1. The van der Waals surface area contributed by atoms with Gasteiger partial charge >= 0.3 is 0 Å². The second-order valence-corrected chi connectivity index (χ2v) is 8.71. The molecule has 130 valence electrons. The zero-order valence-corrected chi connectivity index (χ0v) is 16.2. The molecule has 1 aliphatic rings. The molecular weight excluding hydrogens is 304 g/mol. The molecular formula is C24H28O. The predicted octanol–water partition coefficient (Wildman–Crippen LogP) is 6.41. The lowest BCUT2D eigenvalue weighted by Gasteiger charge is -2.22. The Morgan fingerprint density at radius 2 is 1.40 bits per heavy atom. The van der Waals surface area contributed by atoms with E-state index in [1.807, 2.05) is 24.3 Å². The summed E-state index contributed by atoms with van der Waals surface area (Å²) in [6.07, 6.45) is 3.38. The van der Waals surface area contributed by atoms with Gasteiger partial charge in [-0.05, 0) is 58.9 Å². The lowest BCUT2D eigenvalue weighted by Crippen LogP contribution is -2.17. The van der Waals surface area contributed by atoms with Gasteiger partial charge in [-0.1, -0.05) is 76.2 Å². The largest absolute Gasteiger partial charge is 0.295 e. The molecule has 0 spiro atoms. The summed E-state index contributed by atoms with van der Waals surface area (Å²) in [5, 5.41) is 0. The molecule has 1 heteroatoms. The minimum Gasteiger partial charge on any atom is -0.295 e. The van der Waals surface area contributed by atoms with Gasteiger partial charge in [0.05, 0.1) is 0 Å². The van der Waals surface area contributed by atoms with Crippen molar-refractivity contribution in [2.75, 3.05) is 0 Å². The van der Waals surface area contributed by atoms with Crippen molar-refractivity contribution in [1.29, 1.82) is 0 Å². The Labute approximate surface area is 151 Å². The zero-order chi connectivity index (χ0) is 18.4. The van der Waals surface area contributed by atoms with E-state index in [1.165, 1.54) is 28.7 Å². The van der Waals surface area contributed by atoms with Crippen LogP contribution in [0.3, 0.4) is 0 Å². The molecule has 0 fully saturated rings. The van der Waals surface area contributed by atoms with Crippen LogP contribution in [0.1, 0.15) is 80.6 Å². The molecule has 0 radical (unpaired) electrons. The molecule has 1 nitrogen and oxygen atoms in total. The molecule has 3 rings (SSSR count). The van der Waals surface area contributed by atoms with Gasteiger partial charge in [0.1, 0.15) is 0 Å². The highest BCUT2D eigenvalue weighted by atomic mass is 16.1. The summed E-state index contributed by atoms with van der Waals surface area (Å²) in [5.41, 5.74) is 7.85. The molecule has 0 aromatic heterocycles. The molecule has 0 heterocycles. The molecule has 0 aliphatic heterocycles. The van der Waals surface area contributed by atoms with Gasteiger partial charge in [-0.3, -0.25) is 4.79 Å². The monoisotopic (exact) mass is 332 g/mol. The van der Waals surface area contributed by atoms with E-state index in [4.69, 9.17) is 0 Å². The van der Waals surface area contributed by atoms with Crippen LogP contribution in [0.15, 0.2) is 42.5 Å². The van der Waals surface area contributed by atoms with Crippen molar-refractivity contribution in [3.8, 4) is 0 Å². The second kappa shape index (κ2) is 5.98. The van der Waals surface area contributed by atoms with Crippen LogP contribution < -0.4 is 0 Å². The standard InChI is InChI=1S/C24H28O/c1-16(13-18-7-9-19(10-8-18)17(2)25)20-11-12-21-22(14-20)24(5,6)15-23(21,3)4/h7-14H,15H2,1-6H3/b16-13+. The van der Waals surface area contributed by atoms with Crippen molar-refractivity contribution in [2.45, 2.75) is 58.8 Å². The van der Waals surface area contributed by atoms with Crippen LogP contribution >= 0.6 is 0 Å². The number of ketones is 1. The highest BCUT2D eigenvalue weighted by Crippen LogP contribution is 2.49. The fraction of sp³-hybridized carbons (Fsp3) is 0.375. The van der Waals surface area contributed by atoms with Gasteiger partial charge in [0.2, 0.25) is 0 Å². The van der Waals surface area contributed by atoms with Crippen molar-refractivity contribution >= 4 is 17.4 Å². The van der Waals surface area contributed by atoms with Crippen LogP contribution in [0.4, 0.5) is 0 Å². The maximum absolute atomic E-state index is 11.4. The minimum absolute atomic E-state index is 0.107. The van der Waals surface area contributed by atoms with Gasteiger partial charge in [-0.2, -0.15) is 0 Å². The van der Waals surface area contributed by atoms with Gasteiger partial charge in [-0.25, -0.2) is 0 Å². The first-order chi connectivity index (χ1) is 11.6. The Kier molecular flexibility index (Phi) is 4.23. The summed E-state index contributed by atoms with van der Waals surface area (Å²) in [5.74, 6) is 0.107. The highest BCUT2D eigenvalue weighted by Gasteiger charge is 2.41. The SMILES string of the molecule is CC(=O)c1ccc(/C=C(\C)c2ccc3c(c2)C(C)(C)CC3(C)C)cc1. The number of rotatable bonds is 3. The smallest absolute Gasteiger partial charge is 0.159 e. The Hall–Kier alpha value is -2.15. The van der Waals surface area contributed by atoms with Crippen molar-refractivity contribution in [3.05, 3.63) is 70.3 Å². The average molecular weight is 332 g/mol. The molecule has 25 heavy (non-hydrogen) atoms. The predicted molar refractivity (Wildman–Crippen MR) is 107 cm³/mol. The molecule has 0 atom stereocenters. The summed E-state index contributed by atoms with van der Waals surface area (Å²) >= 11 is 0. The fourth-order valence-corrected chi connectivity index (χ4v) is 4.38. The van der Waals surface area contributed by atoms with E-state index in [9.17, 15) is 4.79 Å². The molecule has 0 bridgehead atoms. The van der Waals surface area contributed by atoms with Crippen molar-refractivity contribution in [1.82, 2.24) is 0 Å². The Balaban J connectivity index is 1.96. The summed E-state index contributed by atoms with van der Waals surface area (Å²) in [6, 6.07) is 14.8. The van der Waals surface area contributed by atoms with Gasteiger partial charge in [0.15, 0.2) is 5.78 Å². The van der Waals surface area contributed by atoms with E-state index in [-0.39, 0.29) is 16.6 Å². The third-order valence-electron chi connectivity index (χ3n) is 5.52. The van der Waals surface area contributed by atoms with Crippen LogP contribution in [-0.2, 0) is 10.8 Å². The molecule has 0 saturated carbocycles. The fourth-order valence-electron chi connectivity index (χ4n) is 4.38. The third-order valence-corrected chi connectivity index (χ3v) is 5.52. The number of Topliss-reactive ketones (excluding diaryl/α,β-unsaturated/α-hetero) is 1. The Morgan fingerprint density at radius 3 is 2.00 bits per heavy atom. The summed E-state index contributed by atoms with van der Waals surface area (Å²) in [7, 11) is 0. The number of allylic oxidation sites excluding steroid dienone is 1. The molecule has 0 saturated heterocycles. The topological polar surface area (TPSA) is 17.1 Å². The van der Waals surface area contributed by atoms with Crippen molar-refractivity contribution in [2.24, 2.45) is 0 Å². The van der Waals surface area contributed by atoms with E-state index in [2.05, 4.69) is 58.9 Å². The van der Waals surface area contributed by atoms with Gasteiger partial charge < -0.3 is 0 Å². The first-order valence-electron chi connectivity index (χ1n) is 9.05. The summed E-state index contributed by atoms with van der Waals surface area (Å²) in [6.45, 7) is 13.2. The number of benzene rings is 2. The zero-order valence-electron chi connectivity index (χ0n) is 16.2. The van der Waals surface area contributed by atoms with Crippen LogP contribution in [0.25, 0.3) is 11.6 Å². The van der Waals surface area contributed by atoms with E-state index in [0.717, 1.165) is 11.1 Å². The van der Waals surface area contributed by atoms with Crippen molar-refractivity contribution in [3.63, 3.8) is 0 Å². The number of carbonyl (C=O) groups is 1. The van der Waals surface area contributed by atoms with E-state index >= 15 is 0 Å². The lowest BCUT2D eigenvalue weighted by molar-refractivity contribution is 0.101. The average Bonchev–Trinajstić information content (AvgIpc) is 2.72. The quantitative estimate of drug-likeness (QED) is 0.469. The van der Waals surface area contributed by atoms with Gasteiger partial charge in [-0.15, -0.1) is 0 Å². The number of carbonyl (C=O) groups excluding carboxylic acids is 1. The lowest BCUT2D eigenvalue weighted by atomic mass is 9.82. The molecule has 2 aromatic carbocycles. The van der Waals surface area contributed by atoms with E-state index in [0.29, 0.717) is 0 Å². The maximum Gasteiger partial charge on any atom is 0.159 e. The summed E-state index contributed by atoms with van der Waals surface area (Å²) < 4.78 is 0. The maximum atomic E-state index is 11.4. The Bertz CT molecular complexity index is 848. The second-order valence-electron chi connectivity index (χ2n) is 8.71. The molecule has 0 amide bonds. The number of hydrogen-bond donors (Lipinski definition) is 0. The first kappa shape index (κ1) is 17.7. The first-order valence-corrected chi connectivity index (χ1v) is 9.05. The van der Waals surface area contributed by atoms with Crippen LogP contribution in [0.2, 0.25) is 0 Å².